The maximum absolute atomic E-state index is 5.30. The third kappa shape index (κ3) is 3.68. The summed E-state index contributed by atoms with van der Waals surface area (Å²) in [6.07, 6.45) is 6.28. The molecule has 1 saturated heterocycles. The van der Waals surface area contributed by atoms with Crippen LogP contribution in [0.5, 0.6) is 5.75 Å². The summed E-state index contributed by atoms with van der Waals surface area (Å²) < 4.78 is 5.30. The first-order chi connectivity index (χ1) is 8.79. The van der Waals surface area contributed by atoms with Crippen LogP contribution in [0.15, 0.2) is 18.5 Å². The maximum atomic E-state index is 5.30. The lowest BCUT2D eigenvalue weighted by molar-refractivity contribution is 0.297. The smallest absolute Gasteiger partial charge is 0.141 e. The van der Waals surface area contributed by atoms with E-state index in [4.69, 9.17) is 4.74 Å². The number of likely N-dealkylation sites (tertiary alicyclic amines) is 1. The van der Waals surface area contributed by atoms with Gasteiger partial charge in [-0.25, -0.2) is 0 Å². The van der Waals surface area contributed by atoms with Gasteiger partial charge in [-0.2, -0.15) is 0 Å². The predicted octanol–water partition coefficient (Wildman–Crippen LogP) is 1.66. The van der Waals surface area contributed by atoms with Gasteiger partial charge in [-0.3, -0.25) is 4.98 Å². The second kappa shape index (κ2) is 6.71. The van der Waals surface area contributed by atoms with Crippen molar-refractivity contribution in [3.8, 4) is 5.75 Å². The van der Waals surface area contributed by atoms with Crippen molar-refractivity contribution in [3.63, 3.8) is 0 Å². The van der Waals surface area contributed by atoms with E-state index in [0.29, 0.717) is 6.04 Å². The van der Waals surface area contributed by atoms with Crippen LogP contribution >= 0.6 is 0 Å². The van der Waals surface area contributed by atoms with E-state index in [1.165, 1.54) is 31.5 Å². The molecule has 1 N–H and O–H groups in total. The number of pyridine rings is 1. The number of hydrogen-bond acceptors (Lipinski definition) is 4. The monoisotopic (exact) mass is 249 g/mol. The van der Waals surface area contributed by atoms with Crippen LogP contribution in [0, 0.1) is 0 Å². The van der Waals surface area contributed by atoms with Crippen molar-refractivity contribution in [2.24, 2.45) is 0 Å². The number of rotatable bonds is 6. The molecule has 0 amide bonds. The molecule has 1 aromatic rings. The lowest BCUT2D eigenvalue weighted by Crippen LogP contribution is -2.37. The minimum absolute atomic E-state index is 0.501. The quantitative estimate of drug-likeness (QED) is 0.832. The van der Waals surface area contributed by atoms with Gasteiger partial charge in [0.2, 0.25) is 0 Å². The third-order valence-electron chi connectivity index (χ3n) is 3.46. The molecule has 0 aromatic carbocycles. The van der Waals surface area contributed by atoms with E-state index < -0.39 is 0 Å². The molecule has 0 spiro atoms. The van der Waals surface area contributed by atoms with Crippen LogP contribution in [0.3, 0.4) is 0 Å². The summed E-state index contributed by atoms with van der Waals surface area (Å²) in [5, 5.41) is 3.55. The van der Waals surface area contributed by atoms with Crippen LogP contribution in [-0.4, -0.2) is 42.7 Å². The highest BCUT2D eigenvalue weighted by atomic mass is 16.5. The fourth-order valence-corrected chi connectivity index (χ4v) is 2.44. The van der Waals surface area contributed by atoms with Gasteiger partial charge in [0.15, 0.2) is 0 Å². The average Bonchev–Trinajstić information content (AvgIpc) is 2.89. The van der Waals surface area contributed by atoms with Crippen LogP contribution in [0.4, 0.5) is 0 Å². The van der Waals surface area contributed by atoms with Gasteiger partial charge in [0.25, 0.3) is 0 Å². The Bertz CT molecular complexity index is 364. The van der Waals surface area contributed by atoms with Crippen molar-refractivity contribution in [3.05, 3.63) is 24.0 Å². The highest BCUT2D eigenvalue weighted by molar-refractivity contribution is 5.29. The number of aromatic nitrogens is 1. The highest BCUT2D eigenvalue weighted by Gasteiger charge is 2.14. The zero-order chi connectivity index (χ0) is 12.8. The van der Waals surface area contributed by atoms with Crippen molar-refractivity contribution < 1.29 is 4.74 Å². The Balaban J connectivity index is 1.79. The first kappa shape index (κ1) is 13.3. The fraction of sp³-hybridized carbons (Fsp3) is 0.643. The molecular weight excluding hydrogens is 226 g/mol. The maximum Gasteiger partial charge on any atom is 0.141 e. The van der Waals surface area contributed by atoms with Gasteiger partial charge in [-0.1, -0.05) is 0 Å². The molecule has 1 aliphatic heterocycles. The normalized spacial score (nSPS) is 17.9. The zero-order valence-corrected chi connectivity index (χ0v) is 11.4. The summed E-state index contributed by atoms with van der Waals surface area (Å²) in [6.45, 7) is 6.72. The number of nitrogens with one attached hydrogen (secondary N) is 1. The number of nitrogens with zero attached hydrogens (tertiary/aromatic N) is 2. The fourth-order valence-electron chi connectivity index (χ4n) is 2.44. The summed E-state index contributed by atoms with van der Waals surface area (Å²) in [7, 11) is 1.69. The van der Waals surface area contributed by atoms with Gasteiger partial charge >= 0.3 is 0 Å². The average molecular weight is 249 g/mol. The summed E-state index contributed by atoms with van der Waals surface area (Å²) in [5.41, 5.74) is 1.17. The Morgan fingerprint density at radius 3 is 2.94 bits per heavy atom. The van der Waals surface area contributed by atoms with Gasteiger partial charge < -0.3 is 15.0 Å². The van der Waals surface area contributed by atoms with Crippen molar-refractivity contribution in [2.75, 3.05) is 26.7 Å². The van der Waals surface area contributed by atoms with Gasteiger partial charge in [-0.15, -0.1) is 0 Å². The molecule has 2 heterocycles. The molecular formula is C14H23N3O. The summed E-state index contributed by atoms with van der Waals surface area (Å²) in [4.78, 5) is 6.59. The molecule has 1 atom stereocenters. The molecule has 4 heteroatoms. The van der Waals surface area contributed by atoms with Crippen molar-refractivity contribution in [1.29, 1.82) is 0 Å². The third-order valence-corrected chi connectivity index (χ3v) is 3.46. The Morgan fingerprint density at radius 2 is 2.22 bits per heavy atom. The Kier molecular flexibility index (Phi) is 4.96. The van der Waals surface area contributed by atoms with E-state index in [1.54, 1.807) is 13.3 Å². The summed E-state index contributed by atoms with van der Waals surface area (Å²) >= 11 is 0. The van der Waals surface area contributed by atoms with E-state index in [0.717, 1.165) is 18.8 Å². The second-order valence-corrected chi connectivity index (χ2v) is 4.98. The summed E-state index contributed by atoms with van der Waals surface area (Å²) in [6, 6.07) is 2.51. The molecule has 2 rings (SSSR count). The van der Waals surface area contributed by atoms with E-state index in [2.05, 4.69) is 22.1 Å². The molecule has 18 heavy (non-hydrogen) atoms. The molecule has 4 nitrogen and oxygen atoms in total. The van der Waals surface area contributed by atoms with Crippen molar-refractivity contribution >= 4 is 0 Å². The Hall–Kier alpha value is -1.13. The van der Waals surface area contributed by atoms with Crippen LogP contribution in [0.2, 0.25) is 0 Å². The lowest BCUT2D eigenvalue weighted by Gasteiger charge is -2.21. The second-order valence-electron chi connectivity index (χ2n) is 4.98. The van der Waals surface area contributed by atoms with Crippen LogP contribution < -0.4 is 10.1 Å². The SMILES string of the molecule is COc1cnccc1CNC(C)CN1CCCC1. The lowest BCUT2D eigenvalue weighted by atomic mass is 10.2. The molecule has 1 unspecified atom stereocenters. The number of methoxy groups -OCH3 is 1. The van der Waals surface area contributed by atoms with E-state index in [-0.39, 0.29) is 0 Å². The number of hydrogen-bond donors (Lipinski definition) is 1. The molecule has 0 bridgehead atoms. The minimum Gasteiger partial charge on any atom is -0.495 e. The molecule has 0 aliphatic carbocycles. The molecule has 1 aromatic heterocycles. The van der Waals surface area contributed by atoms with Crippen molar-refractivity contribution in [2.45, 2.75) is 32.4 Å². The van der Waals surface area contributed by atoms with E-state index >= 15 is 0 Å². The van der Waals surface area contributed by atoms with E-state index in [1.807, 2.05) is 12.3 Å². The largest absolute Gasteiger partial charge is 0.495 e. The van der Waals surface area contributed by atoms with Crippen LogP contribution in [0.25, 0.3) is 0 Å². The van der Waals surface area contributed by atoms with Crippen LogP contribution in [0.1, 0.15) is 25.3 Å². The standard InChI is InChI=1S/C14H23N3O/c1-12(11-17-7-3-4-8-17)16-9-13-5-6-15-10-14(13)18-2/h5-6,10,12,16H,3-4,7-9,11H2,1-2H3. The molecule has 0 saturated carbocycles. The highest BCUT2D eigenvalue weighted by Crippen LogP contribution is 2.15. The first-order valence-corrected chi connectivity index (χ1v) is 6.72. The number of ether oxygens (including phenoxy) is 1. The Morgan fingerprint density at radius 1 is 1.44 bits per heavy atom. The van der Waals surface area contributed by atoms with Crippen molar-refractivity contribution in [1.82, 2.24) is 15.2 Å². The minimum atomic E-state index is 0.501. The predicted molar refractivity (Wildman–Crippen MR) is 72.8 cm³/mol. The van der Waals surface area contributed by atoms with Gasteiger partial charge in [0, 0.05) is 30.9 Å². The zero-order valence-electron chi connectivity index (χ0n) is 11.4. The summed E-state index contributed by atoms with van der Waals surface area (Å²) in [5.74, 6) is 0.860. The topological polar surface area (TPSA) is 37.4 Å². The molecule has 1 aliphatic rings. The Labute approximate surface area is 109 Å². The van der Waals surface area contributed by atoms with E-state index in [9.17, 15) is 0 Å². The van der Waals surface area contributed by atoms with Crippen LogP contribution in [-0.2, 0) is 6.54 Å². The van der Waals surface area contributed by atoms with Gasteiger partial charge in [0.1, 0.15) is 5.75 Å². The molecule has 0 radical (unpaired) electrons. The molecule has 100 valence electrons. The molecule has 1 fully saturated rings. The first-order valence-electron chi connectivity index (χ1n) is 6.72. The van der Waals surface area contributed by atoms with Gasteiger partial charge in [0.05, 0.1) is 13.3 Å². The van der Waals surface area contributed by atoms with Gasteiger partial charge in [-0.05, 0) is 38.9 Å².